The van der Waals surface area contributed by atoms with Crippen LogP contribution in [0.15, 0.2) is 22.8 Å². The number of hydrogen-bond donors (Lipinski definition) is 1. The minimum Gasteiger partial charge on any atom is -0.467 e. The number of aliphatic hydroxyl groups is 1. The number of amides is 1. The third kappa shape index (κ3) is 2.57. The fourth-order valence-corrected chi connectivity index (χ4v) is 2.51. The highest BCUT2D eigenvalue weighted by atomic mass is 16.3. The number of aliphatic hydroxyl groups excluding tert-OH is 1. The highest BCUT2D eigenvalue weighted by molar-refractivity contribution is 5.83. The van der Waals surface area contributed by atoms with E-state index in [9.17, 15) is 4.79 Å². The number of rotatable bonds is 4. The molecule has 1 aromatic rings. The van der Waals surface area contributed by atoms with E-state index < -0.39 is 0 Å². The second-order valence-electron chi connectivity index (χ2n) is 4.86. The Balaban J connectivity index is 2.10. The highest BCUT2D eigenvalue weighted by Crippen LogP contribution is 2.20. The molecule has 1 fully saturated rings. The van der Waals surface area contributed by atoms with Crippen LogP contribution in [0.1, 0.15) is 19.1 Å². The smallest absolute Gasteiger partial charge is 0.240 e. The molecule has 18 heavy (non-hydrogen) atoms. The van der Waals surface area contributed by atoms with Gasteiger partial charge in [-0.15, -0.1) is 0 Å². The van der Waals surface area contributed by atoms with E-state index in [2.05, 4.69) is 0 Å². The summed E-state index contributed by atoms with van der Waals surface area (Å²) in [6, 6.07) is 3.63. The molecule has 2 rings (SSSR count). The molecule has 0 radical (unpaired) electrons. The topological polar surface area (TPSA) is 56.9 Å². The lowest BCUT2D eigenvalue weighted by atomic mass is 10.0. The van der Waals surface area contributed by atoms with Crippen molar-refractivity contribution >= 4 is 5.91 Å². The van der Waals surface area contributed by atoms with Gasteiger partial charge in [0.1, 0.15) is 5.76 Å². The molecule has 5 heteroatoms. The molecule has 0 aromatic carbocycles. The standard InChI is InChI=1S/C13H20N2O3/c1-10-8-14(2)12(5-6-16)13(17)15(10)9-11-4-3-7-18-11/h3-4,7,10,12,16H,5-6,8-9H2,1-2H3. The molecule has 2 heterocycles. The minimum absolute atomic E-state index is 0.0315. The van der Waals surface area contributed by atoms with Crippen molar-refractivity contribution in [2.45, 2.75) is 32.0 Å². The number of hydrogen-bond acceptors (Lipinski definition) is 4. The van der Waals surface area contributed by atoms with Gasteiger partial charge in [0, 0.05) is 19.2 Å². The molecule has 0 spiro atoms. The number of furan rings is 1. The second kappa shape index (κ2) is 5.54. The molecule has 5 nitrogen and oxygen atoms in total. The van der Waals surface area contributed by atoms with Gasteiger partial charge in [-0.3, -0.25) is 9.69 Å². The molecule has 100 valence electrons. The van der Waals surface area contributed by atoms with E-state index in [1.807, 2.05) is 35.9 Å². The third-order valence-electron chi connectivity index (χ3n) is 3.49. The van der Waals surface area contributed by atoms with E-state index in [-0.39, 0.29) is 24.6 Å². The summed E-state index contributed by atoms with van der Waals surface area (Å²) < 4.78 is 5.30. The number of carbonyl (C=O) groups is 1. The van der Waals surface area contributed by atoms with Gasteiger partial charge in [-0.25, -0.2) is 0 Å². The van der Waals surface area contributed by atoms with E-state index in [0.717, 1.165) is 12.3 Å². The van der Waals surface area contributed by atoms with Gasteiger partial charge in [0.2, 0.25) is 5.91 Å². The number of piperazine rings is 1. The summed E-state index contributed by atoms with van der Waals surface area (Å²) in [6.07, 6.45) is 2.10. The molecule has 2 atom stereocenters. The normalized spacial score (nSPS) is 25.7. The van der Waals surface area contributed by atoms with Crippen molar-refractivity contribution in [1.82, 2.24) is 9.80 Å². The predicted octanol–water partition coefficient (Wildman–Crippen LogP) is 0.693. The number of carbonyl (C=O) groups excluding carboxylic acids is 1. The molecule has 0 aliphatic carbocycles. The molecule has 1 aromatic heterocycles. The Bertz CT molecular complexity index is 391. The van der Waals surface area contributed by atoms with Gasteiger partial charge in [0.15, 0.2) is 0 Å². The first-order valence-corrected chi connectivity index (χ1v) is 6.27. The monoisotopic (exact) mass is 252 g/mol. The lowest BCUT2D eigenvalue weighted by Crippen LogP contribution is -2.59. The molecule has 1 N–H and O–H groups in total. The van der Waals surface area contributed by atoms with Gasteiger partial charge in [0.05, 0.1) is 18.8 Å². The van der Waals surface area contributed by atoms with Crippen LogP contribution >= 0.6 is 0 Å². The summed E-state index contributed by atoms with van der Waals surface area (Å²) in [5, 5.41) is 9.05. The second-order valence-corrected chi connectivity index (χ2v) is 4.86. The Labute approximate surface area is 107 Å². The fourth-order valence-electron chi connectivity index (χ4n) is 2.51. The largest absolute Gasteiger partial charge is 0.467 e. The first kappa shape index (κ1) is 13.1. The van der Waals surface area contributed by atoms with Crippen molar-refractivity contribution in [3.63, 3.8) is 0 Å². The quantitative estimate of drug-likeness (QED) is 0.856. The van der Waals surface area contributed by atoms with Gasteiger partial charge >= 0.3 is 0 Å². The van der Waals surface area contributed by atoms with Crippen LogP contribution < -0.4 is 0 Å². The summed E-state index contributed by atoms with van der Waals surface area (Å²) >= 11 is 0. The van der Waals surface area contributed by atoms with Gasteiger partial charge in [-0.05, 0) is 32.5 Å². The van der Waals surface area contributed by atoms with E-state index in [4.69, 9.17) is 9.52 Å². The average molecular weight is 252 g/mol. The van der Waals surface area contributed by atoms with Crippen LogP contribution in [0.3, 0.4) is 0 Å². The maximum Gasteiger partial charge on any atom is 0.240 e. The number of nitrogens with zero attached hydrogens (tertiary/aromatic N) is 2. The summed E-state index contributed by atoms with van der Waals surface area (Å²) in [4.78, 5) is 16.2. The van der Waals surface area contributed by atoms with Gasteiger partial charge < -0.3 is 14.4 Å². The van der Waals surface area contributed by atoms with Crippen molar-refractivity contribution in [2.75, 3.05) is 20.2 Å². The Kier molecular flexibility index (Phi) is 4.04. The number of likely N-dealkylation sites (N-methyl/N-ethyl adjacent to an activating group) is 1. The Morgan fingerprint density at radius 1 is 1.56 bits per heavy atom. The zero-order valence-corrected chi connectivity index (χ0v) is 10.9. The zero-order chi connectivity index (χ0) is 13.1. The van der Waals surface area contributed by atoms with Crippen LogP contribution in [0.25, 0.3) is 0 Å². The first-order chi connectivity index (χ1) is 8.63. The predicted molar refractivity (Wildman–Crippen MR) is 66.8 cm³/mol. The van der Waals surface area contributed by atoms with Crippen LogP contribution in [0.4, 0.5) is 0 Å². The molecule has 1 amide bonds. The van der Waals surface area contributed by atoms with E-state index in [1.54, 1.807) is 6.26 Å². The summed E-state index contributed by atoms with van der Waals surface area (Å²) in [5.41, 5.74) is 0. The molecule has 0 bridgehead atoms. The van der Waals surface area contributed by atoms with E-state index >= 15 is 0 Å². The Hall–Kier alpha value is -1.33. The highest BCUT2D eigenvalue weighted by Gasteiger charge is 2.36. The van der Waals surface area contributed by atoms with Gasteiger partial charge in [-0.2, -0.15) is 0 Å². The summed E-state index contributed by atoms with van der Waals surface area (Å²) in [6.45, 7) is 3.39. The SMILES string of the molecule is CC1CN(C)C(CCO)C(=O)N1Cc1ccco1. The summed E-state index contributed by atoms with van der Waals surface area (Å²) in [5.74, 6) is 0.865. The van der Waals surface area contributed by atoms with E-state index in [1.165, 1.54) is 0 Å². The lowest BCUT2D eigenvalue weighted by molar-refractivity contribution is -0.146. The van der Waals surface area contributed by atoms with Crippen LogP contribution in [-0.2, 0) is 11.3 Å². The average Bonchev–Trinajstić information content (AvgIpc) is 2.83. The molecule has 1 saturated heterocycles. The Morgan fingerprint density at radius 3 is 2.94 bits per heavy atom. The molecule has 2 unspecified atom stereocenters. The summed E-state index contributed by atoms with van der Waals surface area (Å²) in [7, 11) is 1.93. The van der Waals surface area contributed by atoms with Crippen LogP contribution in [-0.4, -0.2) is 53.1 Å². The Morgan fingerprint density at radius 2 is 2.33 bits per heavy atom. The van der Waals surface area contributed by atoms with Crippen LogP contribution in [0, 0.1) is 0 Å². The molecule has 1 aliphatic rings. The maximum atomic E-state index is 12.4. The van der Waals surface area contributed by atoms with Gasteiger partial charge in [-0.1, -0.05) is 0 Å². The molecular formula is C13H20N2O3. The lowest BCUT2D eigenvalue weighted by Gasteiger charge is -2.42. The van der Waals surface area contributed by atoms with Crippen molar-refractivity contribution in [3.05, 3.63) is 24.2 Å². The fraction of sp³-hybridized carbons (Fsp3) is 0.615. The van der Waals surface area contributed by atoms with Crippen LogP contribution in [0.2, 0.25) is 0 Å². The van der Waals surface area contributed by atoms with E-state index in [0.29, 0.717) is 13.0 Å². The minimum atomic E-state index is -0.221. The molecular weight excluding hydrogens is 232 g/mol. The van der Waals surface area contributed by atoms with Crippen LogP contribution in [0.5, 0.6) is 0 Å². The zero-order valence-electron chi connectivity index (χ0n) is 10.9. The maximum absolute atomic E-state index is 12.4. The first-order valence-electron chi connectivity index (χ1n) is 6.27. The van der Waals surface area contributed by atoms with Gasteiger partial charge in [0.25, 0.3) is 0 Å². The molecule has 1 aliphatic heterocycles. The molecule has 0 saturated carbocycles. The van der Waals surface area contributed by atoms with Crippen molar-refractivity contribution < 1.29 is 14.3 Å². The third-order valence-corrected chi connectivity index (χ3v) is 3.49. The van der Waals surface area contributed by atoms with Crippen molar-refractivity contribution in [1.29, 1.82) is 0 Å². The van der Waals surface area contributed by atoms with Crippen molar-refractivity contribution in [3.8, 4) is 0 Å². The van der Waals surface area contributed by atoms with Crippen molar-refractivity contribution in [2.24, 2.45) is 0 Å².